The largest absolute Gasteiger partial charge is 0.481 e. The summed E-state index contributed by atoms with van der Waals surface area (Å²) >= 11 is 0. The molecule has 5 heteroatoms. The molecule has 0 heterocycles. The first-order chi connectivity index (χ1) is 8.34. The molecule has 1 aromatic carbocycles. The summed E-state index contributed by atoms with van der Waals surface area (Å²) in [5.74, 6) is -1.70. The molecule has 0 radical (unpaired) electrons. The second-order valence-electron chi connectivity index (χ2n) is 4.16. The normalized spacial score (nSPS) is 11.3. The van der Waals surface area contributed by atoms with Crippen molar-refractivity contribution in [1.82, 2.24) is 0 Å². The molecule has 0 bridgehead atoms. The second-order valence-corrected chi connectivity index (χ2v) is 4.16. The Hall–Kier alpha value is -1.88. The van der Waals surface area contributed by atoms with Gasteiger partial charge in [-0.05, 0) is 11.5 Å². The Bertz CT molecular complexity index is 376. The number of rotatable bonds is 4. The second kappa shape index (κ2) is 8.25. The summed E-state index contributed by atoms with van der Waals surface area (Å²) in [6, 6.07) is 8.42. The van der Waals surface area contributed by atoms with E-state index in [9.17, 15) is 9.59 Å². The van der Waals surface area contributed by atoms with Gasteiger partial charge in [-0.25, -0.2) is 0 Å². The van der Waals surface area contributed by atoms with Crippen LogP contribution in [0.3, 0.4) is 0 Å². The Morgan fingerprint density at radius 3 is 1.94 bits per heavy atom. The third kappa shape index (κ3) is 7.40. The molecule has 0 aliphatic rings. The van der Waals surface area contributed by atoms with Gasteiger partial charge in [0.05, 0.1) is 6.42 Å². The summed E-state index contributed by atoms with van der Waals surface area (Å²) in [5, 5.41) is 16.6. The first kappa shape index (κ1) is 16.1. The molecular weight excluding hydrogens is 234 g/mol. The number of nitrogens with two attached hydrogens (primary N) is 1. The van der Waals surface area contributed by atoms with Crippen LogP contribution >= 0.6 is 0 Å². The van der Waals surface area contributed by atoms with Crippen molar-refractivity contribution in [1.29, 1.82) is 0 Å². The van der Waals surface area contributed by atoms with Gasteiger partial charge < -0.3 is 15.9 Å². The molecule has 100 valence electrons. The molecule has 4 N–H and O–H groups in total. The van der Waals surface area contributed by atoms with Crippen molar-refractivity contribution < 1.29 is 19.8 Å². The van der Waals surface area contributed by atoms with Crippen LogP contribution in [-0.2, 0) is 16.0 Å². The van der Waals surface area contributed by atoms with E-state index in [-0.39, 0.29) is 12.3 Å². The van der Waals surface area contributed by atoms with E-state index < -0.39 is 18.0 Å². The molecule has 0 spiro atoms. The molecule has 1 rings (SSSR count). The van der Waals surface area contributed by atoms with Crippen molar-refractivity contribution in [2.24, 2.45) is 11.7 Å². The van der Waals surface area contributed by atoms with Crippen LogP contribution in [0.15, 0.2) is 30.3 Å². The predicted octanol–water partition coefficient (Wildman–Crippen LogP) is 1.37. The average Bonchev–Trinajstić information content (AvgIpc) is 2.29. The zero-order chi connectivity index (χ0) is 14.1. The zero-order valence-corrected chi connectivity index (χ0v) is 10.5. The van der Waals surface area contributed by atoms with E-state index in [1.807, 2.05) is 18.2 Å². The maximum absolute atomic E-state index is 10.2. The van der Waals surface area contributed by atoms with E-state index in [0.29, 0.717) is 0 Å². The third-order valence-corrected chi connectivity index (χ3v) is 2.20. The van der Waals surface area contributed by atoms with E-state index in [4.69, 9.17) is 15.9 Å². The molecule has 0 aliphatic heterocycles. The highest BCUT2D eigenvalue weighted by atomic mass is 16.4. The SMILES string of the molecule is CC(C)[C@H](N)C(=O)O.O=C(O)Cc1ccccc1. The standard InChI is InChI=1S/C8H8O2.C5H11NO2/c9-8(10)6-7-4-2-1-3-5-7;1-3(2)4(6)5(7)8/h1-5H,6H2,(H,9,10);3-4H,6H2,1-2H3,(H,7,8)/t;4-/m.0/s1. The monoisotopic (exact) mass is 253 g/mol. The van der Waals surface area contributed by atoms with Gasteiger partial charge in [-0.15, -0.1) is 0 Å². The highest BCUT2D eigenvalue weighted by Crippen LogP contribution is 1.98. The fourth-order valence-corrected chi connectivity index (χ4v) is 1.06. The summed E-state index contributed by atoms with van der Waals surface area (Å²) in [7, 11) is 0. The molecule has 0 amide bonds. The summed E-state index contributed by atoms with van der Waals surface area (Å²) in [6.45, 7) is 3.55. The maximum Gasteiger partial charge on any atom is 0.320 e. The lowest BCUT2D eigenvalue weighted by Crippen LogP contribution is -2.34. The predicted molar refractivity (Wildman–Crippen MR) is 68.2 cm³/mol. The van der Waals surface area contributed by atoms with Gasteiger partial charge in [-0.1, -0.05) is 44.2 Å². The Morgan fingerprint density at radius 2 is 1.67 bits per heavy atom. The molecule has 1 atom stereocenters. The molecule has 5 nitrogen and oxygen atoms in total. The lowest BCUT2D eigenvalue weighted by atomic mass is 10.1. The highest BCUT2D eigenvalue weighted by molar-refractivity contribution is 5.73. The Balaban J connectivity index is 0.000000331. The quantitative estimate of drug-likeness (QED) is 0.752. The van der Waals surface area contributed by atoms with Gasteiger partial charge in [0.2, 0.25) is 0 Å². The van der Waals surface area contributed by atoms with Gasteiger partial charge in [-0.3, -0.25) is 9.59 Å². The third-order valence-electron chi connectivity index (χ3n) is 2.20. The zero-order valence-electron chi connectivity index (χ0n) is 10.5. The van der Waals surface area contributed by atoms with Crippen molar-refractivity contribution in [2.75, 3.05) is 0 Å². The van der Waals surface area contributed by atoms with Gasteiger partial charge in [0.25, 0.3) is 0 Å². The van der Waals surface area contributed by atoms with Crippen LogP contribution in [0.2, 0.25) is 0 Å². The summed E-state index contributed by atoms with van der Waals surface area (Å²) in [6.07, 6.45) is 0.112. The summed E-state index contributed by atoms with van der Waals surface area (Å²) in [5.41, 5.74) is 6.00. The van der Waals surface area contributed by atoms with Gasteiger partial charge in [0, 0.05) is 0 Å². The number of benzene rings is 1. The fraction of sp³-hybridized carbons (Fsp3) is 0.385. The first-order valence-corrected chi connectivity index (χ1v) is 5.58. The lowest BCUT2D eigenvalue weighted by molar-refractivity contribution is -0.139. The van der Waals surface area contributed by atoms with Crippen LogP contribution in [0.4, 0.5) is 0 Å². The highest BCUT2D eigenvalue weighted by Gasteiger charge is 2.14. The van der Waals surface area contributed by atoms with Gasteiger partial charge >= 0.3 is 11.9 Å². The topological polar surface area (TPSA) is 101 Å². The number of carboxylic acids is 2. The Labute approximate surface area is 106 Å². The maximum atomic E-state index is 10.2. The van der Waals surface area contributed by atoms with Crippen LogP contribution in [0.5, 0.6) is 0 Å². The van der Waals surface area contributed by atoms with Crippen molar-refractivity contribution in [3.05, 3.63) is 35.9 Å². The molecule has 0 saturated carbocycles. The molecule has 0 fully saturated rings. The van der Waals surface area contributed by atoms with Crippen LogP contribution in [0.25, 0.3) is 0 Å². The Kier molecular flexibility index (Phi) is 7.38. The van der Waals surface area contributed by atoms with Crippen LogP contribution in [-0.4, -0.2) is 28.2 Å². The number of carboxylic acid groups (broad SMARTS) is 2. The van der Waals surface area contributed by atoms with E-state index in [1.54, 1.807) is 26.0 Å². The number of hydrogen-bond donors (Lipinski definition) is 3. The van der Waals surface area contributed by atoms with E-state index >= 15 is 0 Å². The van der Waals surface area contributed by atoms with Crippen molar-refractivity contribution >= 4 is 11.9 Å². The molecular formula is C13H19NO4. The smallest absolute Gasteiger partial charge is 0.320 e. The molecule has 1 aromatic rings. The van der Waals surface area contributed by atoms with E-state index in [1.165, 1.54) is 0 Å². The van der Waals surface area contributed by atoms with Crippen molar-refractivity contribution in [3.8, 4) is 0 Å². The van der Waals surface area contributed by atoms with E-state index in [0.717, 1.165) is 5.56 Å². The lowest BCUT2D eigenvalue weighted by Gasteiger charge is -2.07. The Morgan fingerprint density at radius 1 is 1.17 bits per heavy atom. The van der Waals surface area contributed by atoms with Crippen LogP contribution in [0.1, 0.15) is 19.4 Å². The van der Waals surface area contributed by atoms with Crippen molar-refractivity contribution in [2.45, 2.75) is 26.3 Å². The summed E-state index contributed by atoms with van der Waals surface area (Å²) < 4.78 is 0. The number of hydrogen-bond acceptors (Lipinski definition) is 3. The minimum absolute atomic E-state index is 0.0208. The van der Waals surface area contributed by atoms with Crippen LogP contribution < -0.4 is 5.73 Å². The average molecular weight is 253 g/mol. The van der Waals surface area contributed by atoms with E-state index in [2.05, 4.69) is 0 Å². The van der Waals surface area contributed by atoms with Crippen molar-refractivity contribution in [3.63, 3.8) is 0 Å². The fourth-order valence-electron chi connectivity index (χ4n) is 1.06. The number of aliphatic carboxylic acids is 2. The number of carbonyl (C=O) groups is 2. The van der Waals surface area contributed by atoms with Gasteiger partial charge in [0.15, 0.2) is 0 Å². The van der Waals surface area contributed by atoms with Crippen LogP contribution in [0, 0.1) is 5.92 Å². The first-order valence-electron chi connectivity index (χ1n) is 5.58. The minimum atomic E-state index is -0.931. The molecule has 0 unspecified atom stereocenters. The molecule has 0 aliphatic carbocycles. The minimum Gasteiger partial charge on any atom is -0.481 e. The molecule has 18 heavy (non-hydrogen) atoms. The van der Waals surface area contributed by atoms with Gasteiger partial charge in [0.1, 0.15) is 6.04 Å². The molecule has 0 saturated heterocycles. The summed E-state index contributed by atoms with van der Waals surface area (Å²) in [4.78, 5) is 20.2. The van der Waals surface area contributed by atoms with Gasteiger partial charge in [-0.2, -0.15) is 0 Å². The molecule has 0 aromatic heterocycles.